The number of ketones is 1. The number of carbonyl (C=O) groups is 1. The van der Waals surface area contributed by atoms with E-state index >= 15 is 0 Å². The number of hydrogen-bond donors (Lipinski definition) is 0. The highest BCUT2D eigenvalue weighted by Crippen LogP contribution is 2.49. The summed E-state index contributed by atoms with van der Waals surface area (Å²) < 4.78 is 19.4. The van der Waals surface area contributed by atoms with Crippen LogP contribution >= 0.6 is 0 Å². The zero-order chi connectivity index (χ0) is 28.4. The number of likely N-dealkylation sites (tertiary alicyclic amines) is 1. The number of piperidine rings is 1. The van der Waals surface area contributed by atoms with Crippen molar-refractivity contribution in [1.29, 1.82) is 0 Å². The summed E-state index contributed by atoms with van der Waals surface area (Å²) in [6.45, 7) is 6.30. The molecule has 4 aromatic rings. The fraction of sp³-hybridized carbons (Fsp3) is 0.278. The molecule has 41 heavy (non-hydrogen) atoms. The van der Waals surface area contributed by atoms with E-state index in [1.807, 2.05) is 42.5 Å². The van der Waals surface area contributed by atoms with Crippen LogP contribution in [0, 0.1) is 17.2 Å². The zero-order valence-electron chi connectivity index (χ0n) is 23.5. The maximum Gasteiger partial charge on any atom is 0.167 e. The second-order valence-corrected chi connectivity index (χ2v) is 11.5. The number of pyridine rings is 1. The Kier molecular flexibility index (Phi) is 7.55. The van der Waals surface area contributed by atoms with Gasteiger partial charge in [-0.15, -0.1) is 0 Å². The van der Waals surface area contributed by atoms with Crippen LogP contribution in [0.1, 0.15) is 45.5 Å². The Morgan fingerprint density at radius 1 is 0.976 bits per heavy atom. The Hall–Kier alpha value is -4.09. The number of hydrogen-bond acceptors (Lipinski definition) is 4. The van der Waals surface area contributed by atoms with Crippen LogP contribution in [0.5, 0.6) is 5.75 Å². The van der Waals surface area contributed by atoms with Crippen molar-refractivity contribution in [2.75, 3.05) is 20.2 Å². The molecule has 1 unspecified atom stereocenters. The van der Waals surface area contributed by atoms with Gasteiger partial charge in [0.1, 0.15) is 11.6 Å². The number of aromatic nitrogens is 1. The molecule has 0 bridgehead atoms. The summed E-state index contributed by atoms with van der Waals surface area (Å²) in [4.78, 5) is 20.8. The molecule has 1 spiro atoms. The second-order valence-electron chi connectivity index (χ2n) is 11.5. The van der Waals surface area contributed by atoms with Gasteiger partial charge in [0.2, 0.25) is 0 Å². The number of methoxy groups -OCH3 is 1. The van der Waals surface area contributed by atoms with Gasteiger partial charge in [0, 0.05) is 36.0 Å². The van der Waals surface area contributed by atoms with E-state index in [1.165, 1.54) is 6.07 Å². The molecule has 1 saturated heterocycles. The van der Waals surface area contributed by atoms with E-state index in [9.17, 15) is 9.18 Å². The van der Waals surface area contributed by atoms with E-state index < -0.39 is 0 Å². The van der Waals surface area contributed by atoms with Gasteiger partial charge in [0.25, 0.3) is 0 Å². The van der Waals surface area contributed by atoms with Gasteiger partial charge in [0.05, 0.1) is 7.11 Å². The van der Waals surface area contributed by atoms with Crippen LogP contribution in [-0.2, 0) is 19.4 Å². The lowest BCUT2D eigenvalue weighted by Crippen LogP contribution is -2.50. The first-order valence-corrected chi connectivity index (χ1v) is 14.3. The third kappa shape index (κ3) is 5.47. The van der Waals surface area contributed by atoms with Crippen molar-refractivity contribution in [3.8, 4) is 16.9 Å². The van der Waals surface area contributed by atoms with Crippen LogP contribution in [0.3, 0.4) is 0 Å². The van der Waals surface area contributed by atoms with Gasteiger partial charge in [-0.05, 0) is 108 Å². The number of rotatable bonds is 7. The molecule has 6 rings (SSSR count). The van der Waals surface area contributed by atoms with Gasteiger partial charge in [-0.25, -0.2) is 4.39 Å². The smallest absolute Gasteiger partial charge is 0.167 e. The van der Waals surface area contributed by atoms with Crippen molar-refractivity contribution in [3.63, 3.8) is 0 Å². The Labute approximate surface area is 241 Å². The third-order valence-corrected chi connectivity index (χ3v) is 9.12. The Balaban J connectivity index is 1.29. The lowest BCUT2D eigenvalue weighted by atomic mass is 9.58. The van der Waals surface area contributed by atoms with E-state index in [-0.39, 0.29) is 22.9 Å². The minimum atomic E-state index is -0.242. The van der Waals surface area contributed by atoms with Crippen molar-refractivity contribution < 1.29 is 13.9 Å². The highest BCUT2D eigenvalue weighted by atomic mass is 19.1. The average Bonchev–Trinajstić information content (AvgIpc) is 3.02. The molecule has 208 valence electrons. The fourth-order valence-electron chi connectivity index (χ4n) is 6.77. The lowest BCUT2D eigenvalue weighted by molar-refractivity contribution is 0.0327. The minimum Gasteiger partial charge on any atom is -0.497 e. The van der Waals surface area contributed by atoms with Crippen molar-refractivity contribution in [1.82, 2.24) is 9.88 Å². The Morgan fingerprint density at radius 2 is 1.71 bits per heavy atom. The first-order chi connectivity index (χ1) is 20.0. The molecule has 5 heteroatoms. The van der Waals surface area contributed by atoms with Gasteiger partial charge in [-0.2, -0.15) is 0 Å². The first kappa shape index (κ1) is 27.1. The summed E-state index contributed by atoms with van der Waals surface area (Å²) in [5, 5.41) is 0. The second kappa shape index (κ2) is 11.4. The predicted molar refractivity (Wildman–Crippen MR) is 161 cm³/mol. The average molecular weight is 547 g/mol. The van der Waals surface area contributed by atoms with E-state index in [0.717, 1.165) is 84.4 Å². The summed E-state index contributed by atoms with van der Waals surface area (Å²) in [5.74, 6) is 0.746. The topological polar surface area (TPSA) is 42.4 Å². The maximum atomic E-state index is 14.2. The zero-order valence-corrected chi connectivity index (χ0v) is 23.5. The molecule has 2 aliphatic rings. The molecular formula is C36H35FN2O2. The van der Waals surface area contributed by atoms with Gasteiger partial charge >= 0.3 is 0 Å². The van der Waals surface area contributed by atoms with Crippen molar-refractivity contribution >= 4 is 11.9 Å². The van der Waals surface area contributed by atoms with Crippen LogP contribution in [0.2, 0.25) is 0 Å². The highest BCUT2D eigenvalue weighted by Gasteiger charge is 2.48. The number of ether oxygens (including phenoxy) is 1. The Morgan fingerprint density at radius 3 is 2.41 bits per heavy atom. The summed E-state index contributed by atoms with van der Waals surface area (Å²) in [7, 11) is 1.67. The van der Waals surface area contributed by atoms with Crippen molar-refractivity contribution in [2.45, 2.75) is 32.2 Å². The van der Waals surface area contributed by atoms with E-state index in [4.69, 9.17) is 4.74 Å². The van der Waals surface area contributed by atoms with Gasteiger partial charge in [0.15, 0.2) is 5.78 Å². The van der Waals surface area contributed by atoms with Gasteiger partial charge in [-0.3, -0.25) is 14.7 Å². The quantitative estimate of drug-likeness (QED) is 0.242. The van der Waals surface area contributed by atoms with E-state index in [1.54, 1.807) is 25.6 Å². The number of carbonyl (C=O) groups excluding carboxylic acids is 1. The molecule has 4 nitrogen and oxygen atoms in total. The predicted octanol–water partition coefficient (Wildman–Crippen LogP) is 7.42. The van der Waals surface area contributed by atoms with Crippen LogP contribution in [0.4, 0.5) is 4.39 Å². The first-order valence-electron chi connectivity index (χ1n) is 14.3. The molecule has 1 aliphatic carbocycles. The lowest BCUT2D eigenvalue weighted by Gasteiger charge is -2.49. The summed E-state index contributed by atoms with van der Waals surface area (Å²) in [6.07, 6.45) is 8.66. The fourth-order valence-corrected chi connectivity index (χ4v) is 6.77. The largest absolute Gasteiger partial charge is 0.497 e. The molecular weight excluding hydrogens is 511 g/mol. The van der Waals surface area contributed by atoms with Crippen LogP contribution in [0.25, 0.3) is 17.2 Å². The molecule has 1 aromatic heterocycles. The molecule has 0 N–H and O–H groups in total. The Bertz CT molecular complexity index is 1560. The monoisotopic (exact) mass is 546 g/mol. The normalized spacial score (nSPS) is 18.2. The molecule has 1 aliphatic heterocycles. The standard InChI is InChI=1S/C36H35FN2O2/c1-3-27-20-26(6-11-34(27)37)24-39-18-14-36(15-19-39)23-30-22-29(28-12-16-38-17-13-28)7-10-32(30)35(40)33(36)21-25-4-8-31(41-2)9-5-25/h3-13,16-17,20,22,33H,1,14-15,18-19,21,23-24H2,2H3. The van der Waals surface area contributed by atoms with E-state index in [0.29, 0.717) is 5.56 Å². The van der Waals surface area contributed by atoms with Gasteiger partial charge < -0.3 is 4.74 Å². The van der Waals surface area contributed by atoms with Crippen molar-refractivity contribution in [3.05, 3.63) is 125 Å². The number of Topliss-reactive ketones (excluding diaryl/α,β-unsaturated/α-hetero) is 1. The number of halogens is 1. The molecule has 2 heterocycles. The van der Waals surface area contributed by atoms with Crippen LogP contribution in [-0.4, -0.2) is 35.9 Å². The molecule has 0 radical (unpaired) electrons. The minimum absolute atomic E-state index is 0.0875. The maximum absolute atomic E-state index is 14.2. The highest BCUT2D eigenvalue weighted by molar-refractivity contribution is 6.01. The molecule has 0 amide bonds. The molecule has 0 saturated carbocycles. The number of benzene rings is 3. The molecule has 1 fully saturated rings. The summed E-state index contributed by atoms with van der Waals surface area (Å²) in [6, 6.07) is 23.8. The number of fused-ring (bicyclic) bond motifs is 1. The molecule has 3 aromatic carbocycles. The van der Waals surface area contributed by atoms with E-state index in [2.05, 4.69) is 40.7 Å². The summed E-state index contributed by atoms with van der Waals surface area (Å²) in [5.41, 5.74) is 6.90. The van der Waals surface area contributed by atoms with Crippen molar-refractivity contribution in [2.24, 2.45) is 11.3 Å². The van der Waals surface area contributed by atoms with Gasteiger partial charge in [-0.1, -0.05) is 49.1 Å². The van der Waals surface area contributed by atoms with Crippen LogP contribution in [0.15, 0.2) is 91.8 Å². The summed E-state index contributed by atoms with van der Waals surface area (Å²) >= 11 is 0. The molecule has 1 atom stereocenters. The number of nitrogens with zero attached hydrogens (tertiary/aromatic N) is 2. The SMILES string of the molecule is C=Cc1cc(CN2CCC3(CC2)Cc2cc(-c4ccncc4)ccc2C(=O)C3Cc2ccc(OC)cc2)ccc1F. The van der Waals surface area contributed by atoms with Crippen LogP contribution < -0.4 is 4.74 Å². The third-order valence-electron chi connectivity index (χ3n) is 9.12.